The van der Waals surface area contributed by atoms with E-state index >= 15 is 0 Å². The van der Waals surface area contributed by atoms with Crippen molar-refractivity contribution in [3.05, 3.63) is 58.0 Å². The summed E-state index contributed by atoms with van der Waals surface area (Å²) in [5.41, 5.74) is 0.429. The number of hydrogen-bond acceptors (Lipinski definition) is 4. The topological polar surface area (TPSA) is 65.8 Å². The van der Waals surface area contributed by atoms with Crippen LogP contribution in [-0.4, -0.2) is 60.9 Å². The molecule has 1 fully saturated rings. The summed E-state index contributed by atoms with van der Waals surface area (Å²) in [6, 6.07) is 8.20. The Labute approximate surface area is 161 Å². The van der Waals surface area contributed by atoms with Gasteiger partial charge in [0.05, 0.1) is 16.8 Å². The van der Waals surface area contributed by atoms with E-state index in [2.05, 4.69) is 10.2 Å². The Morgan fingerprint density at radius 3 is 2.58 bits per heavy atom. The standard InChI is InChI=1S/C18H19Cl2N3O3/c19-13-3-4-15(20)14(12-13)18(25)23-9-7-22(8-10-23)6-5-21-17(24)16-2-1-11-26-16/h1-4,11-12H,5-10H2,(H,21,24). The van der Waals surface area contributed by atoms with Crippen LogP contribution >= 0.6 is 23.2 Å². The summed E-state index contributed by atoms with van der Waals surface area (Å²) in [4.78, 5) is 28.4. The Hall–Kier alpha value is -2.02. The van der Waals surface area contributed by atoms with Crippen LogP contribution in [0.3, 0.4) is 0 Å². The highest BCUT2D eigenvalue weighted by Crippen LogP contribution is 2.22. The van der Waals surface area contributed by atoms with Crippen LogP contribution in [0.15, 0.2) is 41.0 Å². The second-order valence-corrected chi connectivity index (χ2v) is 6.83. The molecule has 0 saturated carbocycles. The molecule has 0 aliphatic carbocycles. The monoisotopic (exact) mass is 395 g/mol. The first kappa shape index (κ1) is 18.8. The van der Waals surface area contributed by atoms with Gasteiger partial charge in [0.2, 0.25) is 0 Å². The molecule has 1 aromatic heterocycles. The lowest BCUT2D eigenvalue weighted by molar-refractivity contribution is 0.0638. The van der Waals surface area contributed by atoms with E-state index < -0.39 is 0 Å². The second kappa shape index (κ2) is 8.58. The molecule has 26 heavy (non-hydrogen) atoms. The van der Waals surface area contributed by atoms with Gasteiger partial charge in [-0.3, -0.25) is 14.5 Å². The molecule has 2 aromatic rings. The Morgan fingerprint density at radius 2 is 1.88 bits per heavy atom. The molecule has 0 radical (unpaired) electrons. The van der Waals surface area contributed by atoms with E-state index in [0.29, 0.717) is 47.5 Å². The first-order valence-electron chi connectivity index (χ1n) is 8.33. The van der Waals surface area contributed by atoms with E-state index in [-0.39, 0.29) is 11.8 Å². The number of nitrogens with zero attached hydrogens (tertiary/aromatic N) is 2. The number of halogens is 2. The van der Waals surface area contributed by atoms with Crippen molar-refractivity contribution in [2.24, 2.45) is 0 Å². The maximum atomic E-state index is 12.6. The zero-order valence-electron chi connectivity index (χ0n) is 14.1. The molecular weight excluding hydrogens is 377 g/mol. The van der Waals surface area contributed by atoms with Crippen molar-refractivity contribution in [2.45, 2.75) is 0 Å². The van der Waals surface area contributed by atoms with E-state index in [0.717, 1.165) is 13.1 Å². The molecular formula is C18H19Cl2N3O3. The number of furan rings is 1. The number of amides is 2. The molecule has 3 rings (SSSR count). The third-order valence-corrected chi connectivity index (χ3v) is 4.84. The molecule has 1 aromatic carbocycles. The minimum absolute atomic E-state index is 0.108. The maximum absolute atomic E-state index is 12.6. The van der Waals surface area contributed by atoms with Crippen molar-refractivity contribution in [1.29, 1.82) is 0 Å². The average Bonchev–Trinajstić information content (AvgIpc) is 3.18. The number of nitrogens with one attached hydrogen (secondary N) is 1. The fraction of sp³-hybridized carbons (Fsp3) is 0.333. The zero-order chi connectivity index (χ0) is 18.5. The van der Waals surface area contributed by atoms with Crippen LogP contribution in [0.4, 0.5) is 0 Å². The van der Waals surface area contributed by atoms with Gasteiger partial charge in [-0.1, -0.05) is 23.2 Å². The number of rotatable bonds is 5. The molecule has 0 spiro atoms. The van der Waals surface area contributed by atoms with Gasteiger partial charge >= 0.3 is 0 Å². The number of piperazine rings is 1. The van der Waals surface area contributed by atoms with Gasteiger partial charge in [0.1, 0.15) is 0 Å². The summed E-state index contributed by atoms with van der Waals surface area (Å²) in [6.45, 7) is 3.92. The molecule has 138 valence electrons. The highest BCUT2D eigenvalue weighted by atomic mass is 35.5. The molecule has 0 bridgehead atoms. The zero-order valence-corrected chi connectivity index (χ0v) is 15.6. The Bertz CT molecular complexity index is 772. The summed E-state index contributed by atoms with van der Waals surface area (Å²) < 4.78 is 5.05. The van der Waals surface area contributed by atoms with E-state index in [4.69, 9.17) is 27.6 Å². The van der Waals surface area contributed by atoms with Gasteiger partial charge < -0.3 is 14.6 Å². The molecule has 6 nitrogen and oxygen atoms in total. The molecule has 2 amide bonds. The molecule has 8 heteroatoms. The van der Waals surface area contributed by atoms with Gasteiger partial charge in [-0.05, 0) is 30.3 Å². The lowest BCUT2D eigenvalue weighted by Gasteiger charge is -2.34. The van der Waals surface area contributed by atoms with Crippen LogP contribution in [0, 0.1) is 0 Å². The highest BCUT2D eigenvalue weighted by Gasteiger charge is 2.23. The molecule has 1 N–H and O–H groups in total. The van der Waals surface area contributed by atoms with Gasteiger partial charge in [0.25, 0.3) is 11.8 Å². The first-order valence-corrected chi connectivity index (χ1v) is 9.08. The van der Waals surface area contributed by atoms with Gasteiger partial charge in [0, 0.05) is 44.3 Å². The third kappa shape index (κ3) is 4.58. The molecule has 1 aliphatic heterocycles. The van der Waals surface area contributed by atoms with E-state index in [1.807, 2.05) is 0 Å². The summed E-state index contributed by atoms with van der Waals surface area (Å²) >= 11 is 12.1. The van der Waals surface area contributed by atoms with Gasteiger partial charge in [-0.25, -0.2) is 0 Å². The van der Waals surface area contributed by atoms with Crippen LogP contribution < -0.4 is 5.32 Å². The predicted molar refractivity (Wildman–Crippen MR) is 99.8 cm³/mol. The Balaban J connectivity index is 1.44. The second-order valence-electron chi connectivity index (χ2n) is 5.99. The first-order chi connectivity index (χ1) is 12.5. The van der Waals surface area contributed by atoms with Crippen LogP contribution in [0.25, 0.3) is 0 Å². The summed E-state index contributed by atoms with van der Waals surface area (Å²) in [5.74, 6) is -0.0264. The Kier molecular flexibility index (Phi) is 6.19. The quantitative estimate of drug-likeness (QED) is 0.844. The number of benzene rings is 1. The van der Waals surface area contributed by atoms with Gasteiger partial charge in [-0.2, -0.15) is 0 Å². The van der Waals surface area contributed by atoms with Crippen molar-refractivity contribution in [3.8, 4) is 0 Å². The van der Waals surface area contributed by atoms with Gasteiger partial charge in [0.15, 0.2) is 5.76 Å². The normalized spacial score (nSPS) is 15.1. The minimum Gasteiger partial charge on any atom is -0.459 e. The molecule has 0 atom stereocenters. The smallest absolute Gasteiger partial charge is 0.287 e. The van der Waals surface area contributed by atoms with Crippen LogP contribution in [0.1, 0.15) is 20.9 Å². The van der Waals surface area contributed by atoms with Crippen molar-refractivity contribution < 1.29 is 14.0 Å². The van der Waals surface area contributed by atoms with E-state index in [9.17, 15) is 9.59 Å². The van der Waals surface area contributed by atoms with Crippen molar-refractivity contribution in [3.63, 3.8) is 0 Å². The van der Waals surface area contributed by atoms with E-state index in [1.165, 1.54) is 6.26 Å². The van der Waals surface area contributed by atoms with Crippen molar-refractivity contribution in [2.75, 3.05) is 39.3 Å². The SMILES string of the molecule is O=C(NCCN1CCN(C(=O)c2cc(Cl)ccc2Cl)CC1)c1ccco1. The van der Waals surface area contributed by atoms with Crippen molar-refractivity contribution in [1.82, 2.24) is 15.1 Å². The maximum Gasteiger partial charge on any atom is 0.287 e. The minimum atomic E-state index is -0.223. The number of carbonyl (C=O) groups excluding carboxylic acids is 2. The molecule has 1 saturated heterocycles. The molecule has 1 aliphatic rings. The third-order valence-electron chi connectivity index (χ3n) is 4.28. The predicted octanol–water partition coefficient (Wildman–Crippen LogP) is 2.77. The number of hydrogen-bond donors (Lipinski definition) is 1. The lowest BCUT2D eigenvalue weighted by atomic mass is 10.1. The fourth-order valence-electron chi connectivity index (χ4n) is 2.83. The van der Waals surface area contributed by atoms with Gasteiger partial charge in [-0.15, -0.1) is 0 Å². The number of carbonyl (C=O) groups is 2. The largest absolute Gasteiger partial charge is 0.459 e. The van der Waals surface area contributed by atoms with Crippen LogP contribution in [0.2, 0.25) is 10.0 Å². The Morgan fingerprint density at radius 1 is 1.12 bits per heavy atom. The highest BCUT2D eigenvalue weighted by molar-refractivity contribution is 6.35. The van der Waals surface area contributed by atoms with Crippen molar-refractivity contribution >= 4 is 35.0 Å². The fourth-order valence-corrected chi connectivity index (χ4v) is 3.20. The van der Waals surface area contributed by atoms with Crippen LogP contribution in [-0.2, 0) is 0 Å². The summed E-state index contributed by atoms with van der Waals surface area (Å²) in [7, 11) is 0. The molecule has 2 heterocycles. The summed E-state index contributed by atoms with van der Waals surface area (Å²) in [5, 5.41) is 3.71. The van der Waals surface area contributed by atoms with Crippen LogP contribution in [0.5, 0.6) is 0 Å². The summed E-state index contributed by atoms with van der Waals surface area (Å²) in [6.07, 6.45) is 1.47. The lowest BCUT2D eigenvalue weighted by Crippen LogP contribution is -2.50. The molecule has 0 unspecified atom stereocenters. The average molecular weight is 396 g/mol. The van der Waals surface area contributed by atoms with E-state index in [1.54, 1.807) is 35.2 Å².